The Morgan fingerprint density at radius 3 is 1.81 bits per heavy atom. The molecule has 0 aliphatic rings. The second kappa shape index (κ2) is 16.2. The van der Waals surface area contributed by atoms with Crippen molar-refractivity contribution in [1.82, 2.24) is 0 Å². The summed E-state index contributed by atoms with van der Waals surface area (Å²) in [5.74, 6) is 0.879. The molecule has 0 saturated carbocycles. The normalized spacial score (nSPS) is 10.6. The van der Waals surface area contributed by atoms with E-state index in [-0.39, 0.29) is 30.9 Å². The molecular formula is C25H27Cl5N2O4. The van der Waals surface area contributed by atoms with Crippen molar-refractivity contribution in [3.63, 3.8) is 0 Å². The molecule has 0 heterocycles. The van der Waals surface area contributed by atoms with Gasteiger partial charge in [0.1, 0.15) is 10.0 Å². The second-order valence-corrected chi connectivity index (χ2v) is 9.79. The van der Waals surface area contributed by atoms with E-state index in [4.69, 9.17) is 77.7 Å². The van der Waals surface area contributed by atoms with Gasteiger partial charge in [0.2, 0.25) is 0 Å². The molecule has 0 radical (unpaired) electrons. The first-order valence-electron chi connectivity index (χ1n) is 11.5. The molecule has 196 valence electrons. The fraction of sp³-hybridized carbons (Fsp3) is 0.440. The predicted molar refractivity (Wildman–Crippen MR) is 146 cm³/mol. The summed E-state index contributed by atoms with van der Waals surface area (Å²) in [4.78, 5) is 14.5. The lowest BCUT2D eigenvalue weighted by atomic mass is 10.1. The lowest BCUT2D eigenvalue weighted by molar-refractivity contribution is 0.00234. The van der Waals surface area contributed by atoms with E-state index in [9.17, 15) is 4.79 Å². The van der Waals surface area contributed by atoms with Crippen LogP contribution in [0, 0.1) is 0 Å². The van der Waals surface area contributed by atoms with Crippen molar-refractivity contribution in [2.75, 3.05) is 20.3 Å². The zero-order chi connectivity index (χ0) is 26.5. The van der Waals surface area contributed by atoms with Crippen LogP contribution in [0.4, 0.5) is 0 Å². The van der Waals surface area contributed by atoms with Gasteiger partial charge in [-0.2, -0.15) is 4.79 Å². The van der Waals surface area contributed by atoms with Gasteiger partial charge in [0.25, 0.3) is 5.78 Å². The summed E-state index contributed by atoms with van der Waals surface area (Å²) in [7, 11) is 1.51. The number of ether oxygens (including phenoxy) is 3. The average Bonchev–Trinajstić information content (AvgIpc) is 2.88. The number of methoxy groups -OCH3 is 1. The predicted octanol–water partition coefficient (Wildman–Crippen LogP) is 9.02. The first kappa shape index (κ1) is 30.6. The number of carbonyl (C=O) groups is 1. The Morgan fingerprint density at radius 2 is 1.28 bits per heavy atom. The summed E-state index contributed by atoms with van der Waals surface area (Å²) >= 11 is 30.4. The average molecular weight is 597 g/mol. The minimum atomic E-state index is -0.417. The minimum absolute atomic E-state index is 0.115. The van der Waals surface area contributed by atoms with Gasteiger partial charge in [-0.15, -0.1) is 0 Å². The Morgan fingerprint density at radius 1 is 0.778 bits per heavy atom. The maximum absolute atomic E-state index is 11.8. The topological polar surface area (TPSA) is 81.2 Å². The Hall–Kier alpha value is -1.66. The van der Waals surface area contributed by atoms with Gasteiger partial charge in [-0.25, -0.2) is 0 Å². The van der Waals surface area contributed by atoms with Crippen molar-refractivity contribution in [2.45, 2.75) is 51.4 Å². The third-order valence-corrected chi connectivity index (χ3v) is 7.58. The third-order valence-electron chi connectivity index (χ3n) is 5.34. The molecule has 2 aromatic rings. The number of carbonyl (C=O) groups excluding carboxylic acids is 1. The molecule has 2 rings (SSSR count). The summed E-state index contributed by atoms with van der Waals surface area (Å²) < 4.78 is 16.8. The minimum Gasteiger partial charge on any atom is -0.493 e. The fourth-order valence-electron chi connectivity index (χ4n) is 3.40. The van der Waals surface area contributed by atoms with Crippen molar-refractivity contribution < 1.29 is 23.8 Å². The van der Waals surface area contributed by atoms with Gasteiger partial charge in [0, 0.05) is 5.56 Å². The van der Waals surface area contributed by atoms with Crippen LogP contribution in [-0.4, -0.2) is 37.1 Å². The zero-order valence-corrected chi connectivity index (χ0v) is 23.6. The van der Waals surface area contributed by atoms with Crippen LogP contribution >= 0.6 is 58.0 Å². The van der Waals surface area contributed by atoms with Crippen LogP contribution in [0.15, 0.2) is 18.2 Å². The lowest BCUT2D eigenvalue weighted by Gasteiger charge is -2.13. The Kier molecular flexibility index (Phi) is 13.8. The Bertz CT molecular complexity index is 1060. The molecular weight excluding hydrogens is 570 g/mol. The van der Waals surface area contributed by atoms with E-state index in [0.717, 1.165) is 57.6 Å². The SMILES string of the molecule is COc1cc(C(=O)C=[N+]=[N-])ccc1OCCCCCCCCCCOc1c(Cl)c(Cl)c(Cl)c(Cl)c1Cl. The number of halogens is 5. The van der Waals surface area contributed by atoms with Gasteiger partial charge >= 0.3 is 6.21 Å². The summed E-state index contributed by atoms with van der Waals surface area (Å²) in [6, 6.07) is 4.85. The molecule has 0 aromatic heterocycles. The molecule has 0 N–H and O–H groups in total. The van der Waals surface area contributed by atoms with E-state index in [2.05, 4.69) is 4.79 Å². The number of Topliss-reactive ketones (excluding diaryl/α,β-unsaturated/α-hetero) is 1. The third kappa shape index (κ3) is 9.02. The number of rotatable bonds is 16. The van der Waals surface area contributed by atoms with Crippen LogP contribution in [0.3, 0.4) is 0 Å². The largest absolute Gasteiger partial charge is 0.493 e. The van der Waals surface area contributed by atoms with Crippen LogP contribution < -0.4 is 14.2 Å². The summed E-state index contributed by atoms with van der Waals surface area (Å²) in [6.07, 6.45) is 9.21. The van der Waals surface area contributed by atoms with Crippen LogP contribution in [0.25, 0.3) is 5.53 Å². The molecule has 0 aliphatic carbocycles. The molecule has 0 amide bonds. The summed E-state index contributed by atoms with van der Waals surface area (Å²) in [6.45, 7) is 1.02. The van der Waals surface area contributed by atoms with Gasteiger partial charge in [-0.1, -0.05) is 96.5 Å². The highest BCUT2D eigenvalue weighted by Gasteiger charge is 2.20. The van der Waals surface area contributed by atoms with E-state index in [1.54, 1.807) is 18.2 Å². The molecule has 36 heavy (non-hydrogen) atoms. The molecule has 0 fully saturated rings. The molecule has 0 saturated heterocycles. The lowest BCUT2D eigenvalue weighted by Crippen LogP contribution is -2.04. The highest BCUT2D eigenvalue weighted by atomic mass is 35.5. The maximum Gasteiger partial charge on any atom is 0.328 e. The maximum atomic E-state index is 11.8. The highest BCUT2D eigenvalue weighted by Crippen LogP contribution is 2.48. The first-order valence-corrected chi connectivity index (χ1v) is 13.4. The van der Waals surface area contributed by atoms with Crippen LogP contribution in [-0.2, 0) is 0 Å². The monoisotopic (exact) mass is 594 g/mol. The van der Waals surface area contributed by atoms with Gasteiger partial charge < -0.3 is 19.7 Å². The first-order chi connectivity index (χ1) is 17.3. The van der Waals surface area contributed by atoms with Crippen molar-refractivity contribution in [2.24, 2.45) is 0 Å². The van der Waals surface area contributed by atoms with Crippen LogP contribution in [0.1, 0.15) is 61.7 Å². The van der Waals surface area contributed by atoms with Crippen LogP contribution in [0.2, 0.25) is 25.1 Å². The number of hydrogen-bond donors (Lipinski definition) is 0. The van der Waals surface area contributed by atoms with E-state index >= 15 is 0 Å². The van der Waals surface area contributed by atoms with Crippen molar-refractivity contribution in [1.29, 1.82) is 0 Å². The van der Waals surface area contributed by atoms with Crippen molar-refractivity contribution >= 4 is 70.0 Å². The van der Waals surface area contributed by atoms with E-state index in [1.807, 2.05) is 0 Å². The number of ketones is 1. The molecule has 2 aromatic carbocycles. The molecule has 11 heteroatoms. The Balaban J connectivity index is 1.56. The van der Waals surface area contributed by atoms with Gasteiger partial charge in [-0.05, 0) is 31.0 Å². The molecule has 0 bridgehead atoms. The number of benzene rings is 2. The quantitative estimate of drug-likeness (QED) is 0.0368. The Labute approximate surface area is 236 Å². The number of nitrogens with zero attached hydrogens (tertiary/aromatic N) is 2. The summed E-state index contributed by atoms with van der Waals surface area (Å²) in [5.41, 5.74) is 8.85. The van der Waals surface area contributed by atoms with Crippen LogP contribution in [0.5, 0.6) is 17.2 Å². The molecule has 6 nitrogen and oxygen atoms in total. The van der Waals surface area contributed by atoms with Gasteiger partial charge in [0.15, 0.2) is 17.2 Å². The fourth-order valence-corrected chi connectivity index (χ4v) is 4.63. The van der Waals surface area contributed by atoms with E-state index in [1.165, 1.54) is 7.11 Å². The molecule has 0 aliphatic heterocycles. The van der Waals surface area contributed by atoms with E-state index in [0.29, 0.717) is 30.3 Å². The smallest absolute Gasteiger partial charge is 0.328 e. The second-order valence-electron chi connectivity index (χ2n) is 7.90. The van der Waals surface area contributed by atoms with E-state index < -0.39 is 5.78 Å². The van der Waals surface area contributed by atoms with Gasteiger partial charge in [-0.3, -0.25) is 4.79 Å². The number of hydrogen-bond acceptors (Lipinski definition) is 4. The van der Waals surface area contributed by atoms with Crippen molar-refractivity contribution in [3.05, 3.63) is 54.4 Å². The van der Waals surface area contributed by atoms with Gasteiger partial charge in [0.05, 0.1) is 35.4 Å². The molecule has 0 spiro atoms. The zero-order valence-electron chi connectivity index (χ0n) is 19.8. The molecule has 0 atom stereocenters. The van der Waals surface area contributed by atoms with Crippen molar-refractivity contribution in [3.8, 4) is 17.2 Å². The molecule has 0 unspecified atom stereocenters. The summed E-state index contributed by atoms with van der Waals surface area (Å²) in [5, 5.41) is 0.708. The standard InChI is InChI=1S/C25H27Cl5N2O4/c1-34-19-14-16(17(33)15-32-31)10-11-18(19)35-12-8-6-4-2-3-5-7-9-13-36-25-23(29)21(27)20(26)22(28)24(25)30/h10-11,14-15H,2-9,12-13H2,1H3. The number of unbranched alkanes of at least 4 members (excludes halogenated alkanes) is 7. The highest BCUT2D eigenvalue weighted by molar-refractivity contribution is 6.55.